The summed E-state index contributed by atoms with van der Waals surface area (Å²) < 4.78 is 4.57. The predicted octanol–water partition coefficient (Wildman–Crippen LogP) is 0.0687. The SMILES string of the molecule is COC(=O)C1CCN(C)C(C)C1=O. The maximum Gasteiger partial charge on any atom is 0.316 e. The Morgan fingerprint density at radius 3 is 2.77 bits per heavy atom. The van der Waals surface area contributed by atoms with Gasteiger partial charge in [-0.3, -0.25) is 14.5 Å². The van der Waals surface area contributed by atoms with Crippen LogP contribution in [0.5, 0.6) is 0 Å². The fraction of sp³-hybridized carbons (Fsp3) is 0.778. The first-order valence-corrected chi connectivity index (χ1v) is 4.39. The molecule has 0 radical (unpaired) electrons. The van der Waals surface area contributed by atoms with Gasteiger partial charge in [-0.2, -0.15) is 0 Å². The second-order valence-electron chi connectivity index (χ2n) is 3.42. The van der Waals surface area contributed by atoms with E-state index >= 15 is 0 Å². The summed E-state index contributed by atoms with van der Waals surface area (Å²) in [5.74, 6) is -0.971. The van der Waals surface area contributed by atoms with Crippen molar-refractivity contribution in [1.29, 1.82) is 0 Å². The molecule has 0 aromatic carbocycles. The molecule has 0 N–H and O–H groups in total. The van der Waals surface area contributed by atoms with Crippen molar-refractivity contribution in [2.75, 3.05) is 20.7 Å². The standard InChI is InChI=1S/C9H15NO3/c1-6-8(11)7(9(12)13-3)4-5-10(6)2/h6-7H,4-5H2,1-3H3. The lowest BCUT2D eigenvalue weighted by atomic mass is 9.91. The number of ether oxygens (including phenoxy) is 1. The number of carbonyl (C=O) groups is 2. The number of carbonyl (C=O) groups excluding carboxylic acids is 2. The molecule has 1 aliphatic heterocycles. The minimum atomic E-state index is -0.545. The Kier molecular flexibility index (Phi) is 3.03. The number of likely N-dealkylation sites (tertiary alicyclic amines) is 1. The monoisotopic (exact) mass is 185 g/mol. The van der Waals surface area contributed by atoms with Gasteiger partial charge in [0.15, 0.2) is 5.78 Å². The molecule has 1 fully saturated rings. The lowest BCUT2D eigenvalue weighted by molar-refractivity contribution is -0.153. The van der Waals surface area contributed by atoms with Crippen LogP contribution >= 0.6 is 0 Å². The molecule has 0 aliphatic carbocycles. The van der Waals surface area contributed by atoms with E-state index in [1.54, 1.807) is 0 Å². The summed E-state index contributed by atoms with van der Waals surface area (Å²) in [6.45, 7) is 2.59. The average Bonchev–Trinajstić information content (AvgIpc) is 2.13. The molecule has 0 aromatic rings. The van der Waals surface area contributed by atoms with Crippen LogP contribution in [0.25, 0.3) is 0 Å². The van der Waals surface area contributed by atoms with Crippen LogP contribution in [-0.2, 0) is 14.3 Å². The molecule has 4 nitrogen and oxygen atoms in total. The van der Waals surface area contributed by atoms with Gasteiger partial charge in [0.25, 0.3) is 0 Å². The zero-order valence-corrected chi connectivity index (χ0v) is 8.24. The van der Waals surface area contributed by atoms with Crippen molar-refractivity contribution in [1.82, 2.24) is 4.90 Å². The second kappa shape index (κ2) is 3.87. The van der Waals surface area contributed by atoms with Crippen LogP contribution < -0.4 is 0 Å². The molecule has 13 heavy (non-hydrogen) atoms. The number of hydrogen-bond donors (Lipinski definition) is 0. The Hall–Kier alpha value is -0.900. The summed E-state index contributed by atoms with van der Waals surface area (Å²) in [6.07, 6.45) is 0.576. The van der Waals surface area contributed by atoms with E-state index in [2.05, 4.69) is 4.74 Å². The number of rotatable bonds is 1. The fourth-order valence-corrected chi connectivity index (χ4v) is 1.55. The Labute approximate surface area is 77.8 Å². The van der Waals surface area contributed by atoms with E-state index in [0.717, 1.165) is 6.54 Å². The highest BCUT2D eigenvalue weighted by Gasteiger charge is 2.36. The predicted molar refractivity (Wildman–Crippen MR) is 47.2 cm³/mol. The van der Waals surface area contributed by atoms with Gasteiger partial charge in [-0.15, -0.1) is 0 Å². The highest BCUT2D eigenvalue weighted by molar-refractivity contribution is 6.02. The van der Waals surface area contributed by atoms with E-state index in [0.29, 0.717) is 6.42 Å². The first kappa shape index (κ1) is 10.2. The van der Waals surface area contributed by atoms with Crippen molar-refractivity contribution >= 4 is 11.8 Å². The van der Waals surface area contributed by atoms with Crippen molar-refractivity contribution in [2.45, 2.75) is 19.4 Å². The minimum Gasteiger partial charge on any atom is -0.468 e. The van der Waals surface area contributed by atoms with Gasteiger partial charge in [0.05, 0.1) is 13.2 Å². The summed E-state index contributed by atoms with van der Waals surface area (Å²) in [6, 6.07) is -0.169. The topological polar surface area (TPSA) is 46.6 Å². The molecule has 74 valence electrons. The number of hydrogen-bond acceptors (Lipinski definition) is 4. The van der Waals surface area contributed by atoms with Gasteiger partial charge in [0.1, 0.15) is 5.92 Å². The van der Waals surface area contributed by atoms with Crippen LogP contribution in [-0.4, -0.2) is 43.4 Å². The second-order valence-corrected chi connectivity index (χ2v) is 3.42. The van der Waals surface area contributed by atoms with E-state index < -0.39 is 11.9 Å². The molecule has 1 heterocycles. The lowest BCUT2D eigenvalue weighted by Crippen LogP contribution is -2.48. The molecule has 2 unspecified atom stereocenters. The number of Topliss-reactive ketones (excluding diaryl/α,β-unsaturated/α-hetero) is 1. The highest BCUT2D eigenvalue weighted by Crippen LogP contribution is 2.18. The molecule has 0 aromatic heterocycles. The summed E-state index contributed by atoms with van der Waals surface area (Å²) in [4.78, 5) is 24.7. The maximum absolute atomic E-state index is 11.6. The lowest BCUT2D eigenvalue weighted by Gasteiger charge is -2.32. The summed E-state index contributed by atoms with van der Waals surface area (Å²) >= 11 is 0. The van der Waals surface area contributed by atoms with Crippen molar-refractivity contribution in [3.8, 4) is 0 Å². The highest BCUT2D eigenvalue weighted by atomic mass is 16.5. The van der Waals surface area contributed by atoms with E-state index in [9.17, 15) is 9.59 Å². The summed E-state index contributed by atoms with van der Waals surface area (Å²) in [7, 11) is 3.20. The van der Waals surface area contributed by atoms with Crippen LogP contribution in [0.1, 0.15) is 13.3 Å². The van der Waals surface area contributed by atoms with Crippen molar-refractivity contribution in [3.63, 3.8) is 0 Å². The third-order valence-corrected chi connectivity index (χ3v) is 2.67. The molecule has 0 spiro atoms. The van der Waals surface area contributed by atoms with E-state index in [1.165, 1.54) is 7.11 Å². The average molecular weight is 185 g/mol. The van der Waals surface area contributed by atoms with Gasteiger partial charge in [0.2, 0.25) is 0 Å². The molecule has 4 heteroatoms. The Bertz CT molecular complexity index is 227. The van der Waals surface area contributed by atoms with Crippen LogP contribution in [0.4, 0.5) is 0 Å². The molecular weight excluding hydrogens is 170 g/mol. The molecule has 1 aliphatic rings. The van der Waals surface area contributed by atoms with Crippen molar-refractivity contribution < 1.29 is 14.3 Å². The summed E-state index contributed by atoms with van der Waals surface area (Å²) in [5, 5.41) is 0. The minimum absolute atomic E-state index is 0.0272. The van der Waals surface area contributed by atoms with Crippen LogP contribution in [0.15, 0.2) is 0 Å². The van der Waals surface area contributed by atoms with E-state index in [1.807, 2.05) is 18.9 Å². The molecule has 2 atom stereocenters. The van der Waals surface area contributed by atoms with Crippen LogP contribution in [0, 0.1) is 5.92 Å². The van der Waals surface area contributed by atoms with Gasteiger partial charge in [-0.1, -0.05) is 0 Å². The van der Waals surface area contributed by atoms with Gasteiger partial charge < -0.3 is 4.74 Å². The first-order chi connectivity index (χ1) is 6.07. The zero-order valence-electron chi connectivity index (χ0n) is 8.24. The molecule has 0 saturated carbocycles. The van der Waals surface area contributed by atoms with Crippen LogP contribution in [0.2, 0.25) is 0 Å². The number of nitrogens with zero attached hydrogens (tertiary/aromatic N) is 1. The van der Waals surface area contributed by atoms with E-state index in [4.69, 9.17) is 0 Å². The molecular formula is C9H15NO3. The number of likely N-dealkylation sites (N-methyl/N-ethyl adjacent to an activating group) is 1. The van der Waals surface area contributed by atoms with Gasteiger partial charge in [-0.05, 0) is 26.9 Å². The van der Waals surface area contributed by atoms with Gasteiger partial charge >= 0.3 is 5.97 Å². The van der Waals surface area contributed by atoms with Crippen molar-refractivity contribution in [2.24, 2.45) is 5.92 Å². The third-order valence-electron chi connectivity index (χ3n) is 2.67. The van der Waals surface area contributed by atoms with Crippen LogP contribution in [0.3, 0.4) is 0 Å². The van der Waals surface area contributed by atoms with E-state index in [-0.39, 0.29) is 11.8 Å². The van der Waals surface area contributed by atoms with Crippen molar-refractivity contribution in [3.05, 3.63) is 0 Å². The molecule has 0 amide bonds. The Balaban J connectivity index is 2.69. The maximum atomic E-state index is 11.6. The fourth-order valence-electron chi connectivity index (χ4n) is 1.55. The van der Waals surface area contributed by atoms with Gasteiger partial charge in [-0.25, -0.2) is 0 Å². The van der Waals surface area contributed by atoms with Gasteiger partial charge in [0, 0.05) is 0 Å². The number of methoxy groups -OCH3 is 1. The molecule has 1 rings (SSSR count). The normalized spacial score (nSPS) is 30.2. The number of ketones is 1. The zero-order chi connectivity index (χ0) is 10.0. The largest absolute Gasteiger partial charge is 0.468 e. The number of piperidine rings is 1. The smallest absolute Gasteiger partial charge is 0.316 e. The quantitative estimate of drug-likeness (QED) is 0.428. The number of esters is 1. The Morgan fingerprint density at radius 1 is 1.62 bits per heavy atom. The Morgan fingerprint density at radius 2 is 2.23 bits per heavy atom. The molecule has 1 saturated heterocycles. The molecule has 0 bridgehead atoms. The summed E-state index contributed by atoms with van der Waals surface area (Å²) in [5.41, 5.74) is 0. The first-order valence-electron chi connectivity index (χ1n) is 4.39. The third kappa shape index (κ3) is 1.88.